The van der Waals surface area contributed by atoms with Crippen LogP contribution in [-0.2, 0) is 9.53 Å². The number of halogens is 1. The first-order valence-electron chi connectivity index (χ1n) is 6.18. The molecule has 2 rings (SSSR count). The molecule has 0 aromatic carbocycles. The molecule has 0 aromatic heterocycles. The highest BCUT2D eigenvalue weighted by atomic mass is 79.9. The van der Waals surface area contributed by atoms with Crippen LogP contribution in [0.4, 0.5) is 0 Å². The van der Waals surface area contributed by atoms with Gasteiger partial charge in [-0.05, 0) is 39.0 Å². The molecule has 2 fully saturated rings. The van der Waals surface area contributed by atoms with Crippen molar-refractivity contribution >= 4 is 21.8 Å². The predicted molar refractivity (Wildman–Crippen MR) is 66.7 cm³/mol. The molecule has 0 radical (unpaired) electrons. The highest BCUT2D eigenvalue weighted by Crippen LogP contribution is 2.30. The minimum absolute atomic E-state index is 0.203. The Labute approximate surface area is 106 Å². The molecule has 2 aliphatic heterocycles. The van der Waals surface area contributed by atoms with E-state index in [4.69, 9.17) is 4.74 Å². The average Bonchev–Trinajstić information content (AvgIpc) is 2.76. The Morgan fingerprint density at radius 2 is 2.31 bits per heavy atom. The van der Waals surface area contributed by atoms with Crippen LogP contribution in [0.3, 0.4) is 0 Å². The van der Waals surface area contributed by atoms with Crippen molar-refractivity contribution in [2.45, 2.75) is 50.7 Å². The van der Waals surface area contributed by atoms with E-state index in [1.165, 1.54) is 6.42 Å². The Bertz CT molecular complexity index is 264. The second kappa shape index (κ2) is 5.05. The molecule has 2 saturated heterocycles. The largest absolute Gasteiger partial charge is 0.365 e. The van der Waals surface area contributed by atoms with E-state index in [-0.39, 0.29) is 5.91 Å². The van der Waals surface area contributed by atoms with Crippen molar-refractivity contribution in [3.05, 3.63) is 0 Å². The topological polar surface area (TPSA) is 29.5 Å². The summed E-state index contributed by atoms with van der Waals surface area (Å²) >= 11 is 3.51. The zero-order chi connectivity index (χ0) is 11.6. The highest BCUT2D eigenvalue weighted by molar-refractivity contribution is 9.09. The Kier molecular flexibility index (Phi) is 3.90. The number of likely N-dealkylation sites (tertiary alicyclic amines) is 1. The zero-order valence-electron chi connectivity index (χ0n) is 9.88. The number of hydrogen-bond donors (Lipinski definition) is 0. The number of hydrogen-bond acceptors (Lipinski definition) is 2. The third kappa shape index (κ3) is 2.28. The molecule has 1 amide bonds. The van der Waals surface area contributed by atoms with Crippen molar-refractivity contribution in [3.8, 4) is 0 Å². The minimum Gasteiger partial charge on any atom is -0.365 e. The number of carbonyl (C=O) groups excluding carboxylic acids is 1. The van der Waals surface area contributed by atoms with E-state index in [9.17, 15) is 4.79 Å². The number of nitrogens with zero attached hydrogens (tertiary/aromatic N) is 1. The minimum atomic E-state index is -0.544. The summed E-state index contributed by atoms with van der Waals surface area (Å²) in [6.45, 7) is 3.57. The van der Waals surface area contributed by atoms with Crippen molar-refractivity contribution < 1.29 is 9.53 Å². The molecule has 0 aromatic rings. The molecule has 3 nitrogen and oxygen atoms in total. The molecule has 0 bridgehead atoms. The quantitative estimate of drug-likeness (QED) is 0.731. The van der Waals surface area contributed by atoms with E-state index in [2.05, 4.69) is 15.9 Å². The number of ether oxygens (including phenoxy) is 1. The molecule has 16 heavy (non-hydrogen) atoms. The Hall–Kier alpha value is -0.0900. The van der Waals surface area contributed by atoms with Gasteiger partial charge in [0.25, 0.3) is 5.91 Å². The molecule has 92 valence electrons. The molecular weight excluding hydrogens is 270 g/mol. The van der Waals surface area contributed by atoms with Gasteiger partial charge in [-0.15, -0.1) is 0 Å². The number of piperidine rings is 1. The van der Waals surface area contributed by atoms with Crippen molar-refractivity contribution in [2.24, 2.45) is 0 Å². The van der Waals surface area contributed by atoms with E-state index in [1.54, 1.807) is 0 Å². The van der Waals surface area contributed by atoms with Gasteiger partial charge >= 0.3 is 0 Å². The van der Waals surface area contributed by atoms with E-state index in [0.29, 0.717) is 6.04 Å². The van der Waals surface area contributed by atoms with Gasteiger partial charge in [-0.3, -0.25) is 4.79 Å². The van der Waals surface area contributed by atoms with Crippen molar-refractivity contribution in [1.82, 2.24) is 4.90 Å². The summed E-state index contributed by atoms with van der Waals surface area (Å²) < 4.78 is 5.64. The van der Waals surface area contributed by atoms with Crippen molar-refractivity contribution in [1.29, 1.82) is 0 Å². The lowest BCUT2D eigenvalue weighted by molar-refractivity contribution is -0.154. The lowest BCUT2D eigenvalue weighted by Crippen LogP contribution is -2.53. The number of alkyl halides is 1. The number of rotatable bonds is 2. The van der Waals surface area contributed by atoms with Crippen molar-refractivity contribution in [3.63, 3.8) is 0 Å². The second-order valence-electron chi connectivity index (χ2n) is 4.99. The van der Waals surface area contributed by atoms with Gasteiger partial charge in [0, 0.05) is 24.5 Å². The summed E-state index contributed by atoms with van der Waals surface area (Å²) in [5.74, 6) is 0.203. The van der Waals surface area contributed by atoms with E-state index >= 15 is 0 Å². The number of amides is 1. The first-order chi connectivity index (χ1) is 7.67. The van der Waals surface area contributed by atoms with Gasteiger partial charge in [0.05, 0.1) is 0 Å². The van der Waals surface area contributed by atoms with Gasteiger partial charge in [-0.25, -0.2) is 0 Å². The van der Waals surface area contributed by atoms with E-state index in [1.807, 2.05) is 11.8 Å². The fourth-order valence-electron chi connectivity index (χ4n) is 2.68. The smallest absolute Gasteiger partial charge is 0.254 e. The average molecular weight is 290 g/mol. The molecule has 4 heteroatoms. The fourth-order valence-corrected chi connectivity index (χ4v) is 3.35. The van der Waals surface area contributed by atoms with Gasteiger partial charge in [0.15, 0.2) is 0 Å². The Balaban J connectivity index is 2.07. The molecule has 2 aliphatic rings. The molecular formula is C12H20BrNO2. The molecule has 0 aliphatic carbocycles. The SMILES string of the molecule is CC1(C(=O)N2CCCCC2CBr)CCCO1. The highest BCUT2D eigenvalue weighted by Gasteiger charge is 2.42. The third-order valence-corrected chi connectivity index (χ3v) is 4.48. The Morgan fingerprint density at radius 3 is 2.94 bits per heavy atom. The van der Waals surface area contributed by atoms with E-state index in [0.717, 1.165) is 44.2 Å². The maximum absolute atomic E-state index is 12.5. The van der Waals surface area contributed by atoms with Crippen LogP contribution in [0.2, 0.25) is 0 Å². The molecule has 2 atom stereocenters. The van der Waals surface area contributed by atoms with Gasteiger partial charge in [-0.2, -0.15) is 0 Å². The summed E-state index contributed by atoms with van der Waals surface area (Å²) in [7, 11) is 0. The van der Waals surface area contributed by atoms with Crippen LogP contribution in [0.25, 0.3) is 0 Å². The second-order valence-corrected chi connectivity index (χ2v) is 5.63. The van der Waals surface area contributed by atoms with Crippen LogP contribution in [0.15, 0.2) is 0 Å². The van der Waals surface area contributed by atoms with Crippen molar-refractivity contribution in [2.75, 3.05) is 18.5 Å². The lowest BCUT2D eigenvalue weighted by Gasteiger charge is -2.39. The lowest BCUT2D eigenvalue weighted by atomic mass is 9.96. The molecule has 0 spiro atoms. The fraction of sp³-hybridized carbons (Fsp3) is 0.917. The molecule has 0 saturated carbocycles. The first-order valence-corrected chi connectivity index (χ1v) is 7.30. The van der Waals surface area contributed by atoms with Crippen LogP contribution in [0.1, 0.15) is 39.0 Å². The van der Waals surface area contributed by atoms with Crippen LogP contribution in [0.5, 0.6) is 0 Å². The maximum atomic E-state index is 12.5. The van der Waals surface area contributed by atoms with E-state index < -0.39 is 5.60 Å². The van der Waals surface area contributed by atoms with Gasteiger partial charge in [0.2, 0.25) is 0 Å². The number of carbonyl (C=O) groups is 1. The summed E-state index contributed by atoms with van der Waals surface area (Å²) in [6, 6.07) is 0.363. The van der Waals surface area contributed by atoms with Crippen LogP contribution < -0.4 is 0 Å². The first kappa shape index (κ1) is 12.4. The van der Waals surface area contributed by atoms with Crippen LogP contribution in [-0.4, -0.2) is 40.9 Å². The maximum Gasteiger partial charge on any atom is 0.254 e. The monoisotopic (exact) mass is 289 g/mol. The van der Waals surface area contributed by atoms with Crippen LogP contribution >= 0.6 is 15.9 Å². The summed E-state index contributed by atoms with van der Waals surface area (Å²) in [5.41, 5.74) is -0.544. The molecule has 2 heterocycles. The van der Waals surface area contributed by atoms with Crippen LogP contribution in [0, 0.1) is 0 Å². The van der Waals surface area contributed by atoms with Gasteiger partial charge in [0.1, 0.15) is 5.60 Å². The summed E-state index contributed by atoms with van der Waals surface area (Å²) in [6.07, 6.45) is 5.36. The van der Waals surface area contributed by atoms with Gasteiger partial charge in [-0.1, -0.05) is 15.9 Å². The zero-order valence-corrected chi connectivity index (χ0v) is 11.5. The predicted octanol–water partition coefficient (Wildman–Crippen LogP) is 2.33. The van der Waals surface area contributed by atoms with Gasteiger partial charge < -0.3 is 9.64 Å². The summed E-state index contributed by atoms with van der Waals surface area (Å²) in [4.78, 5) is 14.5. The molecule has 2 unspecified atom stereocenters. The molecule has 0 N–H and O–H groups in total. The summed E-state index contributed by atoms with van der Waals surface area (Å²) in [5, 5.41) is 0.884. The third-order valence-electron chi connectivity index (χ3n) is 3.74. The normalized spacial score (nSPS) is 35.4. The standard InChI is InChI=1S/C12H20BrNO2/c1-12(6-4-8-16-12)11(15)14-7-3-2-5-10(14)9-13/h10H,2-9H2,1H3. The Morgan fingerprint density at radius 1 is 1.50 bits per heavy atom.